The summed E-state index contributed by atoms with van der Waals surface area (Å²) in [7, 11) is -6.18. The highest BCUT2D eigenvalue weighted by Gasteiger charge is 2.53. The Hall–Kier alpha value is -2.86. The lowest BCUT2D eigenvalue weighted by molar-refractivity contribution is -0.0438. The Kier molecular flexibility index (Phi) is 7.49. The summed E-state index contributed by atoms with van der Waals surface area (Å²) >= 11 is 5.90. The molecule has 7 nitrogen and oxygen atoms in total. The summed E-state index contributed by atoms with van der Waals surface area (Å²) in [5.41, 5.74) is -6.89. The highest BCUT2D eigenvalue weighted by molar-refractivity contribution is 7.94. The van der Waals surface area contributed by atoms with E-state index in [1.807, 2.05) is 0 Å². The summed E-state index contributed by atoms with van der Waals surface area (Å²) in [6.45, 7) is 2.19. The van der Waals surface area contributed by atoms with E-state index in [1.54, 1.807) is 0 Å². The molecule has 0 aromatic heterocycles. The molecule has 0 radical (unpaired) electrons. The fourth-order valence-electron chi connectivity index (χ4n) is 2.25. The third-order valence-electron chi connectivity index (χ3n) is 3.64. The van der Waals surface area contributed by atoms with Gasteiger partial charge in [0, 0.05) is 10.6 Å². The second-order valence-corrected chi connectivity index (χ2v) is 8.01. The first-order valence-electron chi connectivity index (χ1n) is 8.44. The number of alkyl halides is 3. The highest BCUT2D eigenvalue weighted by atomic mass is 35.5. The molecule has 1 amide bonds. The predicted molar refractivity (Wildman–Crippen MR) is 105 cm³/mol. The van der Waals surface area contributed by atoms with Crippen molar-refractivity contribution in [3.05, 3.63) is 58.9 Å². The van der Waals surface area contributed by atoms with Gasteiger partial charge in [0.2, 0.25) is 0 Å². The standard InChI is InChI=1S/C18H15ClF4N2O5S/c1-3-29-17(26)25(31(27,28)18(21,22)23)16-9-4-12(19)10-15(16)11(2)24-30-14-7-5-13(20)6-8-14/h4-10H,3H2,1-2H3/b24-11+. The molecule has 2 rings (SSSR count). The third kappa shape index (κ3) is 5.64. The number of nitrogens with zero attached hydrogens (tertiary/aromatic N) is 2. The van der Waals surface area contributed by atoms with E-state index in [4.69, 9.17) is 16.4 Å². The number of sulfonamides is 1. The first kappa shape index (κ1) is 24.4. The number of amides is 1. The Morgan fingerprint density at radius 1 is 1.16 bits per heavy atom. The van der Waals surface area contributed by atoms with E-state index in [-0.39, 0.29) is 28.7 Å². The molecule has 31 heavy (non-hydrogen) atoms. The SMILES string of the molecule is CCOC(=O)N(c1ccc(Cl)cc1/C(C)=N/Oc1ccc(F)cc1)S(=O)(=O)C(F)(F)F. The number of benzene rings is 2. The zero-order valence-corrected chi connectivity index (χ0v) is 17.6. The molecule has 2 aromatic carbocycles. The Balaban J connectivity index is 2.59. The molecule has 0 spiro atoms. The number of oxime groups is 1. The fraction of sp³-hybridized carbons (Fsp3) is 0.222. The van der Waals surface area contributed by atoms with Gasteiger partial charge in [-0.15, -0.1) is 0 Å². The number of carbonyl (C=O) groups excluding carboxylic acids is 1. The second kappa shape index (κ2) is 9.52. The normalized spacial score (nSPS) is 12.4. The lowest BCUT2D eigenvalue weighted by Gasteiger charge is -2.24. The Morgan fingerprint density at radius 2 is 1.77 bits per heavy atom. The van der Waals surface area contributed by atoms with Crippen molar-refractivity contribution in [3.8, 4) is 5.75 Å². The zero-order chi connectivity index (χ0) is 23.4. The summed E-state index contributed by atoms with van der Waals surface area (Å²) in [4.78, 5) is 17.3. The quantitative estimate of drug-likeness (QED) is 0.325. The molecule has 0 unspecified atom stereocenters. The summed E-state index contributed by atoms with van der Waals surface area (Å²) in [6, 6.07) is 7.74. The van der Waals surface area contributed by atoms with Gasteiger partial charge in [0.1, 0.15) is 5.82 Å². The number of hydrogen-bond donors (Lipinski definition) is 0. The molecule has 0 aliphatic carbocycles. The van der Waals surface area contributed by atoms with Crippen LogP contribution in [0, 0.1) is 5.82 Å². The minimum Gasteiger partial charge on any atom is -0.449 e. The highest BCUT2D eigenvalue weighted by Crippen LogP contribution is 2.35. The van der Waals surface area contributed by atoms with E-state index in [0.717, 1.165) is 30.3 Å². The third-order valence-corrected chi connectivity index (χ3v) is 5.28. The summed E-state index contributed by atoms with van der Waals surface area (Å²) in [5, 5.41) is 3.73. The number of anilines is 1. The molecule has 2 aromatic rings. The maximum absolute atomic E-state index is 13.2. The van der Waals surface area contributed by atoms with Crippen LogP contribution in [0.25, 0.3) is 0 Å². The van der Waals surface area contributed by atoms with Gasteiger partial charge in [-0.1, -0.05) is 16.8 Å². The Labute approximate surface area is 179 Å². The van der Waals surface area contributed by atoms with Crippen LogP contribution in [0.15, 0.2) is 47.6 Å². The average Bonchev–Trinajstić information content (AvgIpc) is 2.67. The van der Waals surface area contributed by atoms with E-state index >= 15 is 0 Å². The lowest BCUT2D eigenvalue weighted by Crippen LogP contribution is -2.45. The van der Waals surface area contributed by atoms with Crippen LogP contribution >= 0.6 is 11.6 Å². The van der Waals surface area contributed by atoms with Gasteiger partial charge < -0.3 is 9.57 Å². The molecule has 168 valence electrons. The van der Waals surface area contributed by atoms with Crippen molar-refractivity contribution < 1.29 is 40.3 Å². The van der Waals surface area contributed by atoms with Crippen LogP contribution in [0.5, 0.6) is 5.75 Å². The van der Waals surface area contributed by atoms with Gasteiger partial charge >= 0.3 is 21.6 Å². The van der Waals surface area contributed by atoms with Crippen molar-refractivity contribution in [1.29, 1.82) is 0 Å². The van der Waals surface area contributed by atoms with Crippen LogP contribution in [-0.2, 0) is 14.8 Å². The van der Waals surface area contributed by atoms with Crippen LogP contribution in [-0.4, -0.2) is 32.3 Å². The molecule has 0 saturated heterocycles. The van der Waals surface area contributed by atoms with Crippen molar-refractivity contribution in [2.75, 3.05) is 10.9 Å². The molecule has 0 N–H and O–H groups in total. The molecule has 0 bridgehead atoms. The number of carbonyl (C=O) groups is 1. The molecular weight excluding hydrogens is 468 g/mol. The van der Waals surface area contributed by atoms with Crippen LogP contribution in [0.4, 0.5) is 28.0 Å². The number of ether oxygens (including phenoxy) is 1. The molecule has 0 heterocycles. The van der Waals surface area contributed by atoms with Crippen LogP contribution in [0.2, 0.25) is 5.02 Å². The Bertz CT molecular complexity index is 1090. The zero-order valence-electron chi connectivity index (χ0n) is 16.0. The van der Waals surface area contributed by atoms with E-state index in [2.05, 4.69) is 9.89 Å². The topological polar surface area (TPSA) is 85.3 Å². The van der Waals surface area contributed by atoms with Crippen molar-refractivity contribution >= 4 is 39.1 Å². The van der Waals surface area contributed by atoms with Crippen LogP contribution in [0.1, 0.15) is 19.4 Å². The first-order chi connectivity index (χ1) is 14.4. The van der Waals surface area contributed by atoms with Gasteiger partial charge in [-0.25, -0.2) is 9.18 Å². The molecule has 0 aliphatic heterocycles. The summed E-state index contributed by atoms with van der Waals surface area (Å²) < 4.78 is 80.9. The minimum atomic E-state index is -6.18. The smallest absolute Gasteiger partial charge is 0.449 e. The number of halogens is 5. The molecule has 0 saturated carbocycles. The van der Waals surface area contributed by atoms with Gasteiger partial charge in [-0.2, -0.15) is 25.9 Å². The first-order valence-corrected chi connectivity index (χ1v) is 10.3. The van der Waals surface area contributed by atoms with Crippen LogP contribution in [0.3, 0.4) is 0 Å². The van der Waals surface area contributed by atoms with E-state index in [9.17, 15) is 30.8 Å². The van der Waals surface area contributed by atoms with Gasteiger partial charge in [0.05, 0.1) is 18.0 Å². The van der Waals surface area contributed by atoms with Gasteiger partial charge in [-0.3, -0.25) is 0 Å². The van der Waals surface area contributed by atoms with E-state index < -0.39 is 37.4 Å². The van der Waals surface area contributed by atoms with Crippen molar-refractivity contribution in [2.24, 2.45) is 5.16 Å². The monoisotopic (exact) mass is 482 g/mol. The number of hydrogen-bond acceptors (Lipinski definition) is 6. The Morgan fingerprint density at radius 3 is 2.32 bits per heavy atom. The van der Waals surface area contributed by atoms with Crippen molar-refractivity contribution in [3.63, 3.8) is 0 Å². The minimum absolute atomic E-state index is 0.0169. The second-order valence-electron chi connectivity index (χ2n) is 5.80. The summed E-state index contributed by atoms with van der Waals surface area (Å²) in [5.74, 6) is -0.442. The van der Waals surface area contributed by atoms with Crippen molar-refractivity contribution in [1.82, 2.24) is 0 Å². The molecule has 0 aliphatic rings. The predicted octanol–water partition coefficient (Wildman–Crippen LogP) is 5.09. The van der Waals surface area contributed by atoms with E-state index in [1.165, 1.54) is 26.0 Å². The molecule has 0 fully saturated rings. The molecule has 13 heteroatoms. The van der Waals surface area contributed by atoms with Gasteiger partial charge in [0.15, 0.2) is 5.75 Å². The van der Waals surface area contributed by atoms with Crippen LogP contribution < -0.4 is 9.14 Å². The fourth-order valence-corrected chi connectivity index (χ4v) is 3.30. The van der Waals surface area contributed by atoms with E-state index in [0.29, 0.717) is 0 Å². The largest absolute Gasteiger partial charge is 0.517 e. The summed E-state index contributed by atoms with van der Waals surface area (Å²) in [6.07, 6.45) is -1.77. The van der Waals surface area contributed by atoms with Gasteiger partial charge in [0.25, 0.3) is 0 Å². The maximum atomic E-state index is 13.2. The van der Waals surface area contributed by atoms with Crippen molar-refractivity contribution in [2.45, 2.75) is 19.4 Å². The lowest BCUT2D eigenvalue weighted by atomic mass is 10.1. The molecule has 0 atom stereocenters. The molecular formula is C18H15ClF4N2O5S. The van der Waals surface area contributed by atoms with Gasteiger partial charge in [-0.05, 0) is 56.3 Å². The average molecular weight is 483 g/mol. The maximum Gasteiger partial charge on any atom is 0.517 e. The number of rotatable bonds is 6.